The molecule has 0 saturated heterocycles. The van der Waals surface area contributed by atoms with Crippen LogP contribution in [0, 0.1) is 11.3 Å². The molecule has 0 spiro atoms. The Morgan fingerprint density at radius 1 is 1.09 bits per heavy atom. The van der Waals surface area contributed by atoms with E-state index < -0.39 is 12.0 Å². The van der Waals surface area contributed by atoms with Crippen LogP contribution in [0.5, 0.6) is 17.2 Å². The molecule has 4 aromatic rings. The van der Waals surface area contributed by atoms with Crippen LogP contribution in [0.4, 0.5) is 0 Å². The third kappa shape index (κ3) is 6.11. The van der Waals surface area contributed by atoms with Gasteiger partial charge in [0.25, 0.3) is 5.56 Å². The summed E-state index contributed by atoms with van der Waals surface area (Å²) in [5.41, 5.74) is 2.92. The van der Waals surface area contributed by atoms with Crippen molar-refractivity contribution in [1.82, 2.24) is 4.57 Å². The van der Waals surface area contributed by atoms with Crippen molar-refractivity contribution in [2.75, 3.05) is 20.8 Å². The number of fused-ring (bicyclic) bond motifs is 1. The summed E-state index contributed by atoms with van der Waals surface area (Å²) in [5, 5.41) is 9.53. The highest BCUT2D eigenvalue weighted by Crippen LogP contribution is 2.37. The van der Waals surface area contributed by atoms with Crippen LogP contribution < -0.4 is 29.1 Å². The molecule has 9 nitrogen and oxygen atoms in total. The zero-order chi connectivity index (χ0) is 31.4. The fourth-order valence-corrected chi connectivity index (χ4v) is 6.09. The van der Waals surface area contributed by atoms with Crippen molar-refractivity contribution in [2.24, 2.45) is 4.99 Å². The lowest BCUT2D eigenvalue weighted by atomic mass is 9.95. The molecule has 0 N–H and O–H groups in total. The highest BCUT2D eigenvalue weighted by Gasteiger charge is 2.35. The number of ether oxygens (including phenoxy) is 4. The van der Waals surface area contributed by atoms with E-state index in [0.717, 1.165) is 5.56 Å². The molecule has 5 rings (SSSR count). The summed E-state index contributed by atoms with van der Waals surface area (Å²) >= 11 is 7.54. The van der Waals surface area contributed by atoms with E-state index in [2.05, 4.69) is 11.1 Å². The Morgan fingerprint density at radius 2 is 1.86 bits per heavy atom. The van der Waals surface area contributed by atoms with Gasteiger partial charge >= 0.3 is 5.97 Å². The van der Waals surface area contributed by atoms with Crippen LogP contribution >= 0.6 is 22.9 Å². The summed E-state index contributed by atoms with van der Waals surface area (Å²) < 4.78 is 24.4. The summed E-state index contributed by atoms with van der Waals surface area (Å²) in [6, 6.07) is 18.7. The topological polar surface area (TPSA) is 112 Å². The summed E-state index contributed by atoms with van der Waals surface area (Å²) in [6.07, 6.45) is 1.70. The van der Waals surface area contributed by atoms with Gasteiger partial charge in [-0.05, 0) is 68.0 Å². The molecule has 0 unspecified atom stereocenters. The number of allylic oxidation sites excluding steroid dienone is 1. The fraction of sp³-hybridized carbons (Fsp3) is 0.212. The van der Waals surface area contributed by atoms with Gasteiger partial charge in [0.05, 0.1) is 48.3 Å². The van der Waals surface area contributed by atoms with E-state index >= 15 is 0 Å². The number of aromatic nitrogens is 1. The first-order valence-corrected chi connectivity index (χ1v) is 14.8. The molecule has 224 valence electrons. The average Bonchev–Trinajstić information content (AvgIpc) is 3.33. The molecule has 0 aliphatic carbocycles. The van der Waals surface area contributed by atoms with Crippen LogP contribution in [-0.2, 0) is 16.1 Å². The number of rotatable bonds is 9. The molecule has 1 atom stereocenters. The Morgan fingerprint density at radius 3 is 2.55 bits per heavy atom. The summed E-state index contributed by atoms with van der Waals surface area (Å²) in [6.45, 7) is 3.84. The quantitative estimate of drug-likeness (QED) is 0.242. The van der Waals surface area contributed by atoms with E-state index in [-0.39, 0.29) is 24.3 Å². The Bertz CT molecular complexity index is 1990. The van der Waals surface area contributed by atoms with Gasteiger partial charge in [0.15, 0.2) is 4.80 Å². The standard InChI is InChI=1S/C33H28ClN3O6S/c1-5-42-32(39)29-19(2)36-33-37(30(29)25-12-11-24(40-3)16-27(25)41-4)31(38)28(44-33)15-22-14-23(34)10-13-26(22)43-18-21-8-6-20(17-35)7-9-21/h6-16,30H,5,18H2,1-4H3/b28-15-/t30-/m1/s1. The predicted octanol–water partition coefficient (Wildman–Crippen LogP) is 4.92. The Hall–Kier alpha value is -4.85. The molecule has 2 heterocycles. The van der Waals surface area contributed by atoms with E-state index in [1.807, 2.05) is 12.1 Å². The minimum Gasteiger partial charge on any atom is -0.497 e. The number of carbonyl (C=O) groups is 1. The maximum atomic E-state index is 14.1. The van der Waals surface area contributed by atoms with Crippen LogP contribution in [0.3, 0.4) is 0 Å². The number of thiazole rings is 1. The van der Waals surface area contributed by atoms with Gasteiger partial charge in [-0.15, -0.1) is 0 Å². The largest absolute Gasteiger partial charge is 0.497 e. The van der Waals surface area contributed by atoms with Crippen molar-refractivity contribution in [1.29, 1.82) is 5.26 Å². The van der Waals surface area contributed by atoms with E-state index in [1.54, 1.807) is 75.6 Å². The number of carbonyl (C=O) groups excluding carboxylic acids is 1. The number of nitrogens with zero attached hydrogens (tertiary/aromatic N) is 3. The number of hydrogen-bond donors (Lipinski definition) is 0. The average molecular weight is 630 g/mol. The maximum Gasteiger partial charge on any atom is 0.338 e. The molecule has 44 heavy (non-hydrogen) atoms. The van der Waals surface area contributed by atoms with Crippen molar-refractivity contribution < 1.29 is 23.7 Å². The molecule has 0 saturated carbocycles. The first kappa shape index (κ1) is 30.6. The smallest absolute Gasteiger partial charge is 0.338 e. The van der Waals surface area contributed by atoms with Gasteiger partial charge in [0, 0.05) is 22.2 Å². The van der Waals surface area contributed by atoms with E-state index in [4.69, 9.17) is 35.8 Å². The van der Waals surface area contributed by atoms with Gasteiger partial charge in [0.2, 0.25) is 0 Å². The van der Waals surface area contributed by atoms with Crippen LogP contribution in [0.1, 0.15) is 42.1 Å². The molecule has 11 heteroatoms. The van der Waals surface area contributed by atoms with Crippen molar-refractivity contribution in [3.8, 4) is 23.3 Å². The number of esters is 1. The maximum absolute atomic E-state index is 14.1. The fourth-order valence-electron chi connectivity index (χ4n) is 4.87. The third-order valence-electron chi connectivity index (χ3n) is 6.99. The Kier molecular flexibility index (Phi) is 9.18. The normalized spacial score (nSPS) is 14.4. The molecule has 0 radical (unpaired) electrons. The van der Waals surface area contributed by atoms with Crippen LogP contribution in [-0.4, -0.2) is 31.4 Å². The number of nitriles is 1. The Labute approximate surface area is 262 Å². The van der Waals surface area contributed by atoms with Gasteiger partial charge in [-0.25, -0.2) is 9.79 Å². The number of hydrogen-bond acceptors (Lipinski definition) is 9. The monoisotopic (exact) mass is 629 g/mol. The summed E-state index contributed by atoms with van der Waals surface area (Å²) in [5.74, 6) is 0.945. The van der Waals surface area contributed by atoms with Gasteiger partial charge < -0.3 is 18.9 Å². The van der Waals surface area contributed by atoms with Crippen LogP contribution in [0.2, 0.25) is 5.02 Å². The van der Waals surface area contributed by atoms with E-state index in [1.165, 1.54) is 23.0 Å². The SMILES string of the molecule is CCOC(=O)C1=C(C)N=c2s/c(=C\c3cc(Cl)ccc3OCc3ccc(C#N)cc3)c(=O)n2[C@@H]1c1ccc(OC)cc1OC. The van der Waals surface area contributed by atoms with E-state index in [9.17, 15) is 9.59 Å². The zero-order valence-corrected chi connectivity index (χ0v) is 26.0. The number of benzene rings is 3. The van der Waals surface area contributed by atoms with Crippen LogP contribution in [0.25, 0.3) is 6.08 Å². The molecule has 0 bridgehead atoms. The molecule has 0 fully saturated rings. The molecule has 3 aromatic carbocycles. The minimum absolute atomic E-state index is 0.159. The second kappa shape index (κ2) is 13.2. The highest BCUT2D eigenvalue weighted by atomic mass is 35.5. The first-order chi connectivity index (χ1) is 21.3. The molecule has 1 aliphatic rings. The van der Waals surface area contributed by atoms with Crippen LogP contribution in [0.15, 0.2) is 81.7 Å². The summed E-state index contributed by atoms with van der Waals surface area (Å²) in [4.78, 5) is 32.5. The number of halogens is 1. The molecular weight excluding hydrogens is 602 g/mol. The predicted molar refractivity (Wildman–Crippen MR) is 167 cm³/mol. The second-order valence-electron chi connectivity index (χ2n) is 9.69. The zero-order valence-electron chi connectivity index (χ0n) is 24.4. The molecule has 1 aromatic heterocycles. The van der Waals surface area contributed by atoms with Gasteiger partial charge in [-0.3, -0.25) is 9.36 Å². The minimum atomic E-state index is -0.861. The lowest BCUT2D eigenvalue weighted by molar-refractivity contribution is -0.139. The highest BCUT2D eigenvalue weighted by molar-refractivity contribution is 7.07. The van der Waals surface area contributed by atoms with Gasteiger partial charge in [-0.1, -0.05) is 35.1 Å². The third-order valence-corrected chi connectivity index (χ3v) is 8.21. The van der Waals surface area contributed by atoms with Gasteiger partial charge in [-0.2, -0.15) is 5.26 Å². The van der Waals surface area contributed by atoms with Crippen molar-refractivity contribution in [2.45, 2.75) is 26.5 Å². The molecule has 0 amide bonds. The second-order valence-corrected chi connectivity index (χ2v) is 11.1. The lowest BCUT2D eigenvalue weighted by Gasteiger charge is -2.26. The Balaban J connectivity index is 1.63. The van der Waals surface area contributed by atoms with Crippen molar-refractivity contribution in [3.63, 3.8) is 0 Å². The van der Waals surface area contributed by atoms with Crippen molar-refractivity contribution in [3.05, 3.63) is 119 Å². The lowest BCUT2D eigenvalue weighted by Crippen LogP contribution is -2.40. The summed E-state index contributed by atoms with van der Waals surface area (Å²) in [7, 11) is 3.06. The molecular formula is C33H28ClN3O6S. The molecule has 1 aliphatic heterocycles. The van der Waals surface area contributed by atoms with E-state index in [0.29, 0.717) is 54.0 Å². The number of methoxy groups -OCH3 is 2. The van der Waals surface area contributed by atoms with Gasteiger partial charge in [0.1, 0.15) is 29.9 Å². The first-order valence-electron chi connectivity index (χ1n) is 13.6. The van der Waals surface area contributed by atoms with Crippen molar-refractivity contribution >= 4 is 35.0 Å².